The molecule has 1 saturated carbocycles. The van der Waals surface area contributed by atoms with E-state index in [0.29, 0.717) is 6.54 Å². The lowest BCUT2D eigenvalue weighted by Gasteiger charge is -2.25. The Morgan fingerprint density at radius 1 is 1.18 bits per heavy atom. The quantitative estimate of drug-likeness (QED) is 0.713. The van der Waals surface area contributed by atoms with E-state index in [-0.39, 0.29) is 42.7 Å². The monoisotopic (exact) mass is 312 g/mol. The van der Waals surface area contributed by atoms with Gasteiger partial charge in [0.25, 0.3) is 0 Å². The van der Waals surface area contributed by atoms with Crippen molar-refractivity contribution in [3.8, 4) is 0 Å². The third-order valence-corrected chi connectivity index (χ3v) is 3.86. The fourth-order valence-corrected chi connectivity index (χ4v) is 2.85. The van der Waals surface area contributed by atoms with Gasteiger partial charge in [-0.25, -0.2) is 0 Å². The largest absolute Gasteiger partial charge is 0.480 e. The van der Waals surface area contributed by atoms with Crippen LogP contribution >= 0.6 is 0 Å². The van der Waals surface area contributed by atoms with Crippen molar-refractivity contribution >= 4 is 17.8 Å². The average molecular weight is 312 g/mol. The maximum Gasteiger partial charge on any atom is 0.323 e. The van der Waals surface area contributed by atoms with Crippen molar-refractivity contribution in [1.82, 2.24) is 10.2 Å². The van der Waals surface area contributed by atoms with Crippen LogP contribution in [0.3, 0.4) is 0 Å². The molecule has 1 fully saturated rings. The highest BCUT2D eigenvalue weighted by atomic mass is 16.4. The van der Waals surface area contributed by atoms with Gasteiger partial charge in [-0.2, -0.15) is 0 Å². The summed E-state index contributed by atoms with van der Waals surface area (Å²) in [5.41, 5.74) is 0. The van der Waals surface area contributed by atoms with Gasteiger partial charge >= 0.3 is 5.97 Å². The Bertz CT molecular complexity index is 403. The number of hydrogen-bond acceptors (Lipinski definition) is 3. The fraction of sp³-hybridized carbons (Fsp3) is 0.812. The van der Waals surface area contributed by atoms with Gasteiger partial charge in [-0.05, 0) is 25.7 Å². The van der Waals surface area contributed by atoms with Crippen LogP contribution in [0.2, 0.25) is 0 Å². The molecule has 0 spiro atoms. The zero-order valence-electron chi connectivity index (χ0n) is 13.8. The van der Waals surface area contributed by atoms with E-state index < -0.39 is 5.97 Å². The summed E-state index contributed by atoms with van der Waals surface area (Å²) < 4.78 is 0. The van der Waals surface area contributed by atoms with E-state index in [2.05, 4.69) is 5.32 Å². The van der Waals surface area contributed by atoms with Gasteiger partial charge in [-0.3, -0.25) is 14.4 Å². The van der Waals surface area contributed by atoms with Crippen LogP contribution in [0.25, 0.3) is 0 Å². The van der Waals surface area contributed by atoms with Crippen LogP contribution in [0.1, 0.15) is 52.9 Å². The molecule has 6 nitrogen and oxygen atoms in total. The number of hydrogen-bond donors (Lipinski definition) is 2. The number of nitrogens with one attached hydrogen (secondary N) is 1. The first-order valence-corrected chi connectivity index (χ1v) is 8.09. The van der Waals surface area contributed by atoms with Gasteiger partial charge in [0.2, 0.25) is 11.8 Å². The summed E-state index contributed by atoms with van der Waals surface area (Å²) in [6.07, 6.45) is 4.16. The van der Waals surface area contributed by atoms with Crippen LogP contribution in [0.4, 0.5) is 0 Å². The highest BCUT2D eigenvalue weighted by Gasteiger charge is 2.25. The van der Waals surface area contributed by atoms with Crippen LogP contribution in [0, 0.1) is 11.8 Å². The second-order valence-electron chi connectivity index (χ2n) is 6.66. The molecule has 1 rings (SSSR count). The smallest absolute Gasteiger partial charge is 0.323 e. The molecule has 0 aromatic carbocycles. The van der Waals surface area contributed by atoms with E-state index in [1.807, 2.05) is 13.8 Å². The molecule has 0 aromatic heterocycles. The maximum atomic E-state index is 12.2. The first-order valence-electron chi connectivity index (χ1n) is 8.09. The van der Waals surface area contributed by atoms with Gasteiger partial charge < -0.3 is 15.3 Å². The molecule has 0 radical (unpaired) electrons. The summed E-state index contributed by atoms with van der Waals surface area (Å²) in [5.74, 6) is -0.951. The summed E-state index contributed by atoms with van der Waals surface area (Å²) >= 11 is 0. The van der Waals surface area contributed by atoms with Crippen LogP contribution < -0.4 is 5.32 Å². The normalized spacial score (nSPS) is 16.5. The lowest BCUT2D eigenvalue weighted by atomic mass is 10.1. The first kappa shape index (κ1) is 18.5. The van der Waals surface area contributed by atoms with Crippen molar-refractivity contribution in [2.75, 3.05) is 13.1 Å². The van der Waals surface area contributed by atoms with Gasteiger partial charge in [0.1, 0.15) is 6.54 Å². The minimum atomic E-state index is -1.02. The van der Waals surface area contributed by atoms with E-state index in [0.717, 1.165) is 25.7 Å². The van der Waals surface area contributed by atoms with Gasteiger partial charge in [0.15, 0.2) is 0 Å². The molecule has 0 bridgehead atoms. The number of aliphatic carboxylic acids is 1. The van der Waals surface area contributed by atoms with Crippen molar-refractivity contribution in [2.24, 2.45) is 11.8 Å². The number of nitrogens with zero attached hydrogens (tertiary/aromatic N) is 1. The number of rotatable bonds is 8. The number of carbonyl (C=O) groups is 3. The molecule has 6 heteroatoms. The number of carbonyl (C=O) groups excluding carboxylic acids is 2. The molecule has 0 saturated heterocycles. The topological polar surface area (TPSA) is 86.7 Å². The first-order chi connectivity index (χ1) is 10.3. The Hall–Kier alpha value is -1.59. The molecule has 0 aromatic rings. The molecule has 0 heterocycles. The SMILES string of the molecule is CC(C)CN(CC(=O)O)C(=O)CC(C)NC(=O)C1CCCC1. The maximum absolute atomic E-state index is 12.2. The van der Waals surface area contributed by atoms with Crippen molar-refractivity contribution in [2.45, 2.75) is 58.9 Å². The van der Waals surface area contributed by atoms with E-state index >= 15 is 0 Å². The highest BCUT2D eigenvalue weighted by Crippen LogP contribution is 2.24. The molecule has 0 aliphatic heterocycles. The third kappa shape index (κ3) is 6.45. The lowest BCUT2D eigenvalue weighted by molar-refractivity contribution is -0.145. The van der Waals surface area contributed by atoms with Gasteiger partial charge in [-0.15, -0.1) is 0 Å². The molecule has 1 aliphatic carbocycles. The molecule has 22 heavy (non-hydrogen) atoms. The van der Waals surface area contributed by atoms with E-state index in [1.54, 1.807) is 6.92 Å². The van der Waals surface area contributed by atoms with Crippen molar-refractivity contribution < 1.29 is 19.5 Å². The zero-order valence-corrected chi connectivity index (χ0v) is 13.8. The second kappa shape index (κ2) is 8.76. The number of carboxylic acid groups (broad SMARTS) is 1. The Labute approximate surface area is 132 Å². The lowest BCUT2D eigenvalue weighted by Crippen LogP contribution is -2.43. The Morgan fingerprint density at radius 3 is 2.27 bits per heavy atom. The molecule has 1 aliphatic rings. The predicted octanol–water partition coefficient (Wildman–Crippen LogP) is 1.64. The van der Waals surface area contributed by atoms with Crippen LogP contribution in [0.15, 0.2) is 0 Å². The standard InChI is InChI=1S/C16H28N2O4/c1-11(2)9-18(10-15(20)21)14(19)8-12(3)17-16(22)13-6-4-5-7-13/h11-13H,4-10H2,1-3H3,(H,17,22)(H,20,21). The summed E-state index contributed by atoms with van der Waals surface area (Å²) in [5, 5.41) is 11.8. The summed E-state index contributed by atoms with van der Waals surface area (Å²) in [7, 11) is 0. The third-order valence-electron chi connectivity index (χ3n) is 3.86. The Balaban J connectivity index is 2.48. The van der Waals surface area contributed by atoms with Gasteiger partial charge in [0.05, 0.1) is 0 Å². The van der Waals surface area contributed by atoms with Crippen LogP contribution in [-0.2, 0) is 14.4 Å². The number of amides is 2. The fourth-order valence-electron chi connectivity index (χ4n) is 2.85. The van der Waals surface area contributed by atoms with Crippen molar-refractivity contribution in [3.63, 3.8) is 0 Å². The molecule has 2 amide bonds. The van der Waals surface area contributed by atoms with Crippen LogP contribution in [0.5, 0.6) is 0 Å². The summed E-state index contributed by atoms with van der Waals surface area (Å²) in [6.45, 7) is 5.79. The molecular weight excluding hydrogens is 284 g/mol. The number of carboxylic acids is 1. The summed E-state index contributed by atoms with van der Waals surface area (Å²) in [6, 6.07) is -0.274. The summed E-state index contributed by atoms with van der Waals surface area (Å²) in [4.78, 5) is 36.5. The minimum Gasteiger partial charge on any atom is -0.480 e. The molecule has 2 N–H and O–H groups in total. The van der Waals surface area contributed by atoms with Crippen molar-refractivity contribution in [3.05, 3.63) is 0 Å². The average Bonchev–Trinajstić information content (AvgIpc) is 2.90. The second-order valence-corrected chi connectivity index (χ2v) is 6.66. The molecule has 1 atom stereocenters. The van der Waals surface area contributed by atoms with E-state index in [9.17, 15) is 14.4 Å². The minimum absolute atomic E-state index is 0.0199. The Morgan fingerprint density at radius 2 is 1.77 bits per heavy atom. The molecular formula is C16H28N2O4. The van der Waals surface area contributed by atoms with Crippen LogP contribution in [-0.4, -0.2) is 46.9 Å². The molecule has 126 valence electrons. The van der Waals surface area contributed by atoms with E-state index in [4.69, 9.17) is 5.11 Å². The predicted molar refractivity (Wildman–Crippen MR) is 83.2 cm³/mol. The van der Waals surface area contributed by atoms with Gasteiger partial charge in [-0.1, -0.05) is 26.7 Å². The van der Waals surface area contributed by atoms with Crippen molar-refractivity contribution in [1.29, 1.82) is 0 Å². The van der Waals surface area contributed by atoms with E-state index in [1.165, 1.54) is 4.90 Å². The molecule has 1 unspecified atom stereocenters. The zero-order chi connectivity index (χ0) is 16.7. The Kier molecular flexibility index (Phi) is 7.35. The highest BCUT2D eigenvalue weighted by molar-refractivity contribution is 5.83. The van der Waals surface area contributed by atoms with Gasteiger partial charge in [0, 0.05) is 24.9 Å².